The average Bonchev–Trinajstić information content (AvgIpc) is 2.95. The van der Waals surface area contributed by atoms with Crippen LogP contribution in [-0.4, -0.2) is 58.3 Å². The lowest BCUT2D eigenvalue weighted by Gasteiger charge is -2.45. The summed E-state index contributed by atoms with van der Waals surface area (Å²) in [4.78, 5) is 21.3. The number of hydrogen-bond donors (Lipinski definition) is 0. The van der Waals surface area contributed by atoms with Crippen molar-refractivity contribution in [3.05, 3.63) is 66.4 Å². The van der Waals surface area contributed by atoms with Gasteiger partial charge in [0.2, 0.25) is 5.91 Å². The molecular formula is C30H30N6O2. The summed E-state index contributed by atoms with van der Waals surface area (Å²) in [6.07, 6.45) is 2.32. The van der Waals surface area contributed by atoms with Gasteiger partial charge in [0.1, 0.15) is 17.0 Å². The number of nitrogens with zero attached hydrogens (tertiary/aromatic N) is 6. The third-order valence-corrected chi connectivity index (χ3v) is 7.13. The van der Waals surface area contributed by atoms with E-state index in [0.29, 0.717) is 23.4 Å². The van der Waals surface area contributed by atoms with Crippen LogP contribution in [0.15, 0.2) is 60.8 Å². The lowest BCUT2D eigenvalue weighted by atomic mass is 10.00. The van der Waals surface area contributed by atoms with E-state index in [1.807, 2.05) is 54.3 Å². The van der Waals surface area contributed by atoms with Crippen molar-refractivity contribution in [1.29, 1.82) is 5.26 Å². The summed E-state index contributed by atoms with van der Waals surface area (Å²) in [5.41, 5.74) is 4.64. The Kier molecular flexibility index (Phi) is 6.93. The summed E-state index contributed by atoms with van der Waals surface area (Å²) in [7, 11) is 1.63. The fraction of sp³-hybridized carbons (Fsp3) is 0.300. The number of hydrogen-bond acceptors (Lipinski definition) is 7. The van der Waals surface area contributed by atoms with E-state index in [1.165, 1.54) is 0 Å². The second kappa shape index (κ2) is 10.5. The Morgan fingerprint density at radius 3 is 2.34 bits per heavy atom. The second-order valence-corrected chi connectivity index (χ2v) is 9.64. The molecule has 192 valence electrons. The molecule has 0 bridgehead atoms. The highest BCUT2D eigenvalue weighted by molar-refractivity contribution is 5.99. The Balaban J connectivity index is 1.45. The first-order valence-corrected chi connectivity index (χ1v) is 12.8. The maximum absolute atomic E-state index is 12.4. The summed E-state index contributed by atoms with van der Waals surface area (Å²) >= 11 is 0. The number of benzene rings is 2. The number of carbonyl (C=O) groups excluding carboxylic acids is 1. The molecule has 0 aliphatic carbocycles. The minimum atomic E-state index is 0.115. The van der Waals surface area contributed by atoms with Gasteiger partial charge in [-0.25, -0.2) is 4.98 Å². The van der Waals surface area contributed by atoms with E-state index in [0.717, 1.165) is 46.5 Å². The summed E-state index contributed by atoms with van der Waals surface area (Å²) in [5, 5.41) is 19.1. The molecule has 1 amide bonds. The number of piperazine rings is 1. The van der Waals surface area contributed by atoms with Crippen molar-refractivity contribution in [1.82, 2.24) is 20.1 Å². The minimum Gasteiger partial charge on any atom is -0.494 e. The first-order valence-electron chi connectivity index (χ1n) is 12.8. The van der Waals surface area contributed by atoms with Crippen LogP contribution in [0.4, 0.5) is 5.82 Å². The molecule has 0 radical (unpaired) electrons. The number of fused-ring (bicyclic) bond motifs is 1. The van der Waals surface area contributed by atoms with Gasteiger partial charge in [-0.15, -0.1) is 10.2 Å². The quantitative estimate of drug-likeness (QED) is 0.373. The normalized spacial score (nSPS) is 17.3. The molecule has 4 aromatic rings. The van der Waals surface area contributed by atoms with E-state index in [9.17, 15) is 4.79 Å². The van der Waals surface area contributed by atoms with Crippen LogP contribution in [0.3, 0.4) is 0 Å². The van der Waals surface area contributed by atoms with Crippen LogP contribution in [0.25, 0.3) is 33.3 Å². The molecule has 38 heavy (non-hydrogen) atoms. The molecule has 2 unspecified atom stereocenters. The van der Waals surface area contributed by atoms with Gasteiger partial charge in [-0.1, -0.05) is 31.2 Å². The van der Waals surface area contributed by atoms with Crippen LogP contribution in [0.1, 0.15) is 32.8 Å². The molecular weight excluding hydrogens is 476 g/mol. The lowest BCUT2D eigenvalue weighted by Crippen LogP contribution is -2.58. The zero-order valence-corrected chi connectivity index (χ0v) is 22.0. The summed E-state index contributed by atoms with van der Waals surface area (Å²) < 4.78 is 5.84. The molecule has 2 aromatic carbocycles. The van der Waals surface area contributed by atoms with Gasteiger partial charge in [-0.3, -0.25) is 4.79 Å². The molecule has 1 aliphatic rings. The van der Waals surface area contributed by atoms with Crippen molar-refractivity contribution in [2.24, 2.45) is 0 Å². The Morgan fingerprint density at radius 2 is 1.74 bits per heavy atom. The topological polar surface area (TPSA) is 95.2 Å². The van der Waals surface area contributed by atoms with Crippen molar-refractivity contribution in [2.75, 3.05) is 25.1 Å². The van der Waals surface area contributed by atoms with Crippen LogP contribution < -0.4 is 9.64 Å². The maximum atomic E-state index is 12.4. The molecule has 0 spiro atoms. The Labute approximate surface area is 222 Å². The van der Waals surface area contributed by atoms with Gasteiger partial charge in [0, 0.05) is 54.3 Å². The number of nitriles is 1. The zero-order chi connectivity index (χ0) is 26.8. The minimum absolute atomic E-state index is 0.115. The highest BCUT2D eigenvalue weighted by Gasteiger charge is 2.32. The summed E-state index contributed by atoms with van der Waals surface area (Å²) in [5.74, 6) is 1.69. The lowest BCUT2D eigenvalue weighted by molar-refractivity contribution is -0.135. The maximum Gasteiger partial charge on any atom is 0.222 e. The number of amides is 1. The van der Waals surface area contributed by atoms with Crippen LogP contribution in [0, 0.1) is 11.3 Å². The highest BCUT2D eigenvalue weighted by atomic mass is 16.5. The molecule has 0 N–H and O–H groups in total. The van der Waals surface area contributed by atoms with E-state index in [-0.39, 0.29) is 18.0 Å². The van der Waals surface area contributed by atoms with Gasteiger partial charge in [0.15, 0.2) is 5.75 Å². The molecule has 2 atom stereocenters. The Bertz CT molecular complexity index is 1500. The molecule has 8 heteroatoms. The van der Waals surface area contributed by atoms with E-state index < -0.39 is 0 Å². The summed E-state index contributed by atoms with van der Waals surface area (Å²) in [6, 6.07) is 19.7. The van der Waals surface area contributed by atoms with Gasteiger partial charge in [0.25, 0.3) is 0 Å². The zero-order valence-electron chi connectivity index (χ0n) is 22.0. The fourth-order valence-electron chi connectivity index (χ4n) is 5.36. The standard InChI is InChI=1S/C30H30N6O2/c1-5-27(37)36-19(2)17-35(18-20(36)3)26-14-13-23(16-32-26)28-30(38-4)25-8-6-7-24(29(25)34-33-28)22-11-9-21(15-31)10-12-22/h6-14,16,19-20H,5,17-18H2,1-4H3. The molecule has 5 rings (SSSR count). The SMILES string of the molecule is CCC(=O)N1C(C)CN(c2ccc(-c3nnc4c(-c5ccc(C#N)cc5)cccc4c3OC)cn2)CC1C. The van der Waals surface area contributed by atoms with Gasteiger partial charge >= 0.3 is 0 Å². The van der Waals surface area contributed by atoms with Crippen LogP contribution in [0.5, 0.6) is 5.75 Å². The van der Waals surface area contributed by atoms with Crippen LogP contribution in [0.2, 0.25) is 0 Å². The van der Waals surface area contributed by atoms with Gasteiger partial charge < -0.3 is 14.5 Å². The van der Waals surface area contributed by atoms with E-state index in [2.05, 4.69) is 35.0 Å². The Morgan fingerprint density at radius 1 is 1.03 bits per heavy atom. The number of anilines is 1. The molecule has 1 saturated heterocycles. The van der Waals surface area contributed by atoms with Crippen molar-refractivity contribution in [2.45, 2.75) is 39.3 Å². The van der Waals surface area contributed by atoms with Crippen molar-refractivity contribution < 1.29 is 9.53 Å². The molecule has 0 saturated carbocycles. The number of carbonyl (C=O) groups is 1. The summed E-state index contributed by atoms with van der Waals surface area (Å²) in [6.45, 7) is 7.56. The number of aromatic nitrogens is 3. The molecule has 1 aliphatic heterocycles. The van der Waals surface area contributed by atoms with Crippen molar-refractivity contribution in [3.63, 3.8) is 0 Å². The third-order valence-electron chi connectivity index (χ3n) is 7.13. The predicted octanol–water partition coefficient (Wildman–Crippen LogP) is 5.07. The number of methoxy groups -OCH3 is 1. The van der Waals surface area contributed by atoms with Crippen LogP contribution >= 0.6 is 0 Å². The Hall–Kier alpha value is -4.51. The number of pyridine rings is 1. The monoisotopic (exact) mass is 506 g/mol. The van der Waals surface area contributed by atoms with Crippen molar-refractivity contribution >= 4 is 22.6 Å². The van der Waals surface area contributed by atoms with Gasteiger partial charge in [-0.05, 0) is 49.7 Å². The van der Waals surface area contributed by atoms with Crippen molar-refractivity contribution in [3.8, 4) is 34.2 Å². The highest BCUT2D eigenvalue weighted by Crippen LogP contribution is 2.37. The molecule has 1 fully saturated rings. The smallest absolute Gasteiger partial charge is 0.222 e. The van der Waals surface area contributed by atoms with E-state index in [1.54, 1.807) is 25.4 Å². The molecule has 8 nitrogen and oxygen atoms in total. The number of ether oxygens (including phenoxy) is 1. The van der Waals surface area contributed by atoms with Crippen LogP contribution in [-0.2, 0) is 4.79 Å². The average molecular weight is 507 g/mol. The largest absolute Gasteiger partial charge is 0.494 e. The predicted molar refractivity (Wildman–Crippen MR) is 148 cm³/mol. The first kappa shape index (κ1) is 25.2. The fourth-order valence-corrected chi connectivity index (χ4v) is 5.36. The first-order chi connectivity index (χ1) is 18.4. The van der Waals surface area contributed by atoms with Gasteiger partial charge in [-0.2, -0.15) is 5.26 Å². The molecule has 2 aromatic heterocycles. The van der Waals surface area contributed by atoms with E-state index >= 15 is 0 Å². The van der Waals surface area contributed by atoms with E-state index in [4.69, 9.17) is 15.0 Å². The molecule has 3 heterocycles. The second-order valence-electron chi connectivity index (χ2n) is 9.64. The number of rotatable bonds is 5. The third kappa shape index (κ3) is 4.52. The van der Waals surface area contributed by atoms with Gasteiger partial charge in [0.05, 0.1) is 18.7 Å².